The van der Waals surface area contributed by atoms with Crippen molar-refractivity contribution >= 4 is 22.5 Å². The van der Waals surface area contributed by atoms with E-state index >= 15 is 0 Å². The van der Waals surface area contributed by atoms with E-state index < -0.39 is 0 Å². The molecule has 0 radical (unpaired) electrons. The van der Waals surface area contributed by atoms with Gasteiger partial charge in [-0.1, -0.05) is 60.7 Å². The molecule has 4 heteroatoms. The van der Waals surface area contributed by atoms with Gasteiger partial charge in [0.2, 0.25) is 5.89 Å². The van der Waals surface area contributed by atoms with Gasteiger partial charge in [0.25, 0.3) is 0 Å². The van der Waals surface area contributed by atoms with Crippen LogP contribution in [0.3, 0.4) is 0 Å². The van der Waals surface area contributed by atoms with Crippen molar-refractivity contribution < 1.29 is 4.42 Å². The molecule has 0 fully saturated rings. The highest BCUT2D eigenvalue weighted by atomic mass is 16.3. The summed E-state index contributed by atoms with van der Waals surface area (Å²) in [5.41, 5.74) is 7.61. The van der Waals surface area contributed by atoms with E-state index in [2.05, 4.69) is 25.1 Å². The van der Waals surface area contributed by atoms with Crippen LogP contribution in [0.5, 0.6) is 0 Å². The number of hydrazine groups is 1. The maximum atomic E-state index is 6.57. The monoisotopic (exact) mass is 391 g/mol. The summed E-state index contributed by atoms with van der Waals surface area (Å²) in [6.45, 7) is 2.09. The van der Waals surface area contributed by atoms with Gasteiger partial charge in [-0.2, -0.15) is 0 Å². The summed E-state index contributed by atoms with van der Waals surface area (Å²) >= 11 is 0. The van der Waals surface area contributed by atoms with Gasteiger partial charge >= 0.3 is 0 Å². The standard InChI is InChI=1S/C26H21N3O/c1-18-22(19-10-4-2-5-11-19)16-20(26-28-23-14-8-9-15-25(23)30-26)17-24(18)29(27)21-12-6-3-7-13-21/h2-17H,27H2,1H3. The van der Waals surface area contributed by atoms with Crippen LogP contribution in [0, 0.1) is 6.92 Å². The van der Waals surface area contributed by atoms with Crippen molar-refractivity contribution in [2.24, 2.45) is 5.84 Å². The van der Waals surface area contributed by atoms with Gasteiger partial charge < -0.3 is 4.42 Å². The summed E-state index contributed by atoms with van der Waals surface area (Å²) in [5, 5.41) is 1.72. The van der Waals surface area contributed by atoms with Gasteiger partial charge in [0.15, 0.2) is 5.58 Å². The van der Waals surface area contributed by atoms with Crippen LogP contribution < -0.4 is 10.9 Å². The molecule has 1 heterocycles. The van der Waals surface area contributed by atoms with Crippen LogP contribution in [0.25, 0.3) is 33.7 Å². The Morgan fingerprint density at radius 3 is 2.17 bits per heavy atom. The highest BCUT2D eigenvalue weighted by Gasteiger charge is 2.17. The highest BCUT2D eigenvalue weighted by molar-refractivity contribution is 5.84. The summed E-state index contributed by atoms with van der Waals surface area (Å²) in [4.78, 5) is 4.69. The Bertz CT molecular complexity index is 1280. The lowest BCUT2D eigenvalue weighted by molar-refractivity contribution is 0.620. The zero-order chi connectivity index (χ0) is 20.5. The molecule has 1 aromatic heterocycles. The minimum Gasteiger partial charge on any atom is -0.436 e. The lowest BCUT2D eigenvalue weighted by atomic mass is 9.96. The molecular formula is C26H21N3O. The molecule has 0 atom stereocenters. The van der Waals surface area contributed by atoms with Gasteiger partial charge in [0.1, 0.15) is 5.52 Å². The Hall–Kier alpha value is -3.89. The summed E-state index contributed by atoms with van der Waals surface area (Å²) in [6, 6.07) is 32.2. The van der Waals surface area contributed by atoms with E-state index in [1.54, 1.807) is 5.01 Å². The van der Waals surface area contributed by atoms with Crippen LogP contribution in [0.1, 0.15) is 5.56 Å². The largest absolute Gasteiger partial charge is 0.436 e. The normalized spacial score (nSPS) is 11.0. The van der Waals surface area contributed by atoms with Crippen molar-refractivity contribution in [3.63, 3.8) is 0 Å². The van der Waals surface area contributed by atoms with Crippen LogP contribution in [-0.2, 0) is 0 Å². The number of hydrogen-bond acceptors (Lipinski definition) is 4. The van der Waals surface area contributed by atoms with E-state index in [1.165, 1.54) is 0 Å². The third kappa shape index (κ3) is 3.23. The van der Waals surface area contributed by atoms with E-state index in [-0.39, 0.29) is 0 Å². The molecule has 0 aliphatic carbocycles. The van der Waals surface area contributed by atoms with Crippen molar-refractivity contribution in [1.29, 1.82) is 0 Å². The fraction of sp³-hybridized carbons (Fsp3) is 0.0385. The van der Waals surface area contributed by atoms with Crippen LogP contribution in [0.2, 0.25) is 0 Å². The molecule has 0 unspecified atom stereocenters. The Balaban J connectivity index is 1.72. The van der Waals surface area contributed by atoms with Crippen molar-refractivity contribution in [3.05, 3.63) is 103 Å². The molecule has 0 saturated heterocycles. The molecule has 4 nitrogen and oxygen atoms in total. The van der Waals surface area contributed by atoms with Gasteiger partial charge in [-0.25, -0.2) is 10.8 Å². The zero-order valence-corrected chi connectivity index (χ0v) is 16.6. The predicted octanol–water partition coefficient (Wildman–Crippen LogP) is 6.48. The van der Waals surface area contributed by atoms with Gasteiger partial charge in [0.05, 0.1) is 11.4 Å². The third-order valence-electron chi connectivity index (χ3n) is 5.30. The highest BCUT2D eigenvalue weighted by Crippen LogP contribution is 2.38. The molecule has 146 valence electrons. The Kier molecular flexibility index (Phi) is 4.54. The molecule has 5 rings (SSSR count). The fourth-order valence-electron chi connectivity index (χ4n) is 3.71. The van der Waals surface area contributed by atoms with Gasteiger partial charge in [-0.15, -0.1) is 0 Å². The number of nitrogens with two attached hydrogens (primary N) is 1. The molecule has 5 aromatic rings. The number of para-hydroxylation sites is 3. The quantitative estimate of drug-likeness (QED) is 0.281. The van der Waals surface area contributed by atoms with Gasteiger partial charge in [0, 0.05) is 5.56 Å². The van der Waals surface area contributed by atoms with E-state index in [1.807, 2.05) is 78.9 Å². The smallest absolute Gasteiger partial charge is 0.227 e. The van der Waals surface area contributed by atoms with Gasteiger partial charge in [-0.05, 0) is 60.0 Å². The first-order valence-corrected chi connectivity index (χ1v) is 9.86. The molecule has 0 saturated carbocycles. The lowest BCUT2D eigenvalue weighted by Gasteiger charge is -2.23. The maximum Gasteiger partial charge on any atom is 0.227 e. The Morgan fingerprint density at radius 1 is 0.767 bits per heavy atom. The number of anilines is 2. The first-order chi connectivity index (χ1) is 14.7. The van der Waals surface area contributed by atoms with E-state index in [4.69, 9.17) is 15.2 Å². The predicted molar refractivity (Wildman–Crippen MR) is 122 cm³/mol. The molecule has 2 N–H and O–H groups in total. The lowest BCUT2D eigenvalue weighted by Crippen LogP contribution is -2.25. The van der Waals surface area contributed by atoms with E-state index in [0.717, 1.165) is 44.7 Å². The Labute approximate surface area is 175 Å². The van der Waals surface area contributed by atoms with Crippen LogP contribution in [0.15, 0.2) is 101 Å². The van der Waals surface area contributed by atoms with E-state index in [9.17, 15) is 0 Å². The average Bonchev–Trinajstić information content (AvgIpc) is 3.24. The number of benzene rings is 4. The molecule has 0 aliphatic heterocycles. The van der Waals surface area contributed by atoms with Crippen molar-refractivity contribution in [1.82, 2.24) is 4.98 Å². The number of hydrogen-bond donors (Lipinski definition) is 1. The average molecular weight is 391 g/mol. The SMILES string of the molecule is Cc1c(-c2ccccc2)cc(-c2nc3ccccc3o2)cc1N(N)c1ccccc1. The molecule has 0 spiro atoms. The van der Waals surface area contributed by atoms with Crippen LogP contribution in [0.4, 0.5) is 11.4 Å². The van der Waals surface area contributed by atoms with Crippen LogP contribution in [-0.4, -0.2) is 4.98 Å². The number of rotatable bonds is 4. The minimum absolute atomic E-state index is 0.580. The first-order valence-electron chi connectivity index (χ1n) is 9.86. The summed E-state index contributed by atoms with van der Waals surface area (Å²) in [6.07, 6.45) is 0. The van der Waals surface area contributed by atoms with Crippen molar-refractivity contribution in [2.45, 2.75) is 6.92 Å². The number of aromatic nitrogens is 1. The molecule has 0 aliphatic rings. The zero-order valence-electron chi connectivity index (χ0n) is 16.6. The molecule has 0 bridgehead atoms. The Morgan fingerprint density at radius 2 is 1.43 bits per heavy atom. The fourth-order valence-corrected chi connectivity index (χ4v) is 3.71. The molecule has 4 aromatic carbocycles. The number of oxazole rings is 1. The molecule has 0 amide bonds. The number of nitrogens with zero attached hydrogens (tertiary/aromatic N) is 2. The summed E-state index contributed by atoms with van der Waals surface area (Å²) < 4.78 is 6.05. The second kappa shape index (κ2) is 7.50. The topological polar surface area (TPSA) is 55.3 Å². The van der Waals surface area contributed by atoms with Crippen molar-refractivity contribution in [2.75, 3.05) is 5.01 Å². The molecular weight excluding hydrogens is 370 g/mol. The summed E-state index contributed by atoms with van der Waals surface area (Å²) in [5.74, 6) is 7.15. The van der Waals surface area contributed by atoms with Gasteiger partial charge in [-0.3, -0.25) is 5.01 Å². The second-order valence-electron chi connectivity index (χ2n) is 7.23. The summed E-state index contributed by atoms with van der Waals surface area (Å²) in [7, 11) is 0. The number of fused-ring (bicyclic) bond motifs is 1. The first kappa shape index (κ1) is 18.2. The third-order valence-corrected chi connectivity index (χ3v) is 5.30. The van der Waals surface area contributed by atoms with Crippen LogP contribution >= 0.6 is 0 Å². The second-order valence-corrected chi connectivity index (χ2v) is 7.23. The van der Waals surface area contributed by atoms with E-state index in [0.29, 0.717) is 5.89 Å². The minimum atomic E-state index is 0.580. The van der Waals surface area contributed by atoms with Crippen molar-refractivity contribution in [3.8, 4) is 22.6 Å². The maximum absolute atomic E-state index is 6.57. The molecule has 30 heavy (non-hydrogen) atoms.